The van der Waals surface area contributed by atoms with Crippen molar-refractivity contribution >= 4 is 71.2 Å². The van der Waals surface area contributed by atoms with Crippen LogP contribution in [-0.4, -0.2) is 78.4 Å². The van der Waals surface area contributed by atoms with Crippen molar-refractivity contribution in [1.29, 1.82) is 0 Å². The Hall–Kier alpha value is -6.24. The molecule has 2 aromatic rings. The molecule has 4 fully saturated rings. The third-order valence-electron chi connectivity index (χ3n) is 18.9. The zero-order chi connectivity index (χ0) is 64.2. The molecule has 8 unspecified atom stereocenters. The van der Waals surface area contributed by atoms with E-state index in [4.69, 9.17) is 29.5 Å². The number of anilines is 2. The summed E-state index contributed by atoms with van der Waals surface area (Å²) in [5.74, 6) is 2.23. The van der Waals surface area contributed by atoms with Gasteiger partial charge < -0.3 is 45.3 Å². The molecule has 4 heterocycles. The van der Waals surface area contributed by atoms with Gasteiger partial charge in [0.15, 0.2) is 5.84 Å². The number of hydrogen-bond donors (Lipinski definition) is 4. The maximum Gasteiger partial charge on any atom is 2.00 e. The van der Waals surface area contributed by atoms with Crippen LogP contribution >= 0.6 is 0 Å². The van der Waals surface area contributed by atoms with Gasteiger partial charge in [0.1, 0.15) is 47.3 Å². The molecule has 8 rings (SSSR count). The molecular formula is C68H98CuN8O11. The number of carbonyl (C=O) groups is 6. The van der Waals surface area contributed by atoms with E-state index >= 15 is 0 Å². The van der Waals surface area contributed by atoms with Gasteiger partial charge in [0.25, 0.3) is 0 Å². The van der Waals surface area contributed by atoms with E-state index in [2.05, 4.69) is 119 Å². The number of amidine groups is 2. The monoisotopic (exact) mass is 1270 g/mol. The fourth-order valence-electron chi connectivity index (χ4n) is 15.3. The topological polar surface area (TPSA) is 264 Å². The summed E-state index contributed by atoms with van der Waals surface area (Å²) in [4.78, 5) is 102. The Bertz CT molecular complexity index is 3100. The summed E-state index contributed by atoms with van der Waals surface area (Å²) in [6.07, 6.45) is 10.6. The van der Waals surface area contributed by atoms with Crippen molar-refractivity contribution in [3.8, 4) is 0 Å². The molecule has 19 nitrogen and oxygen atoms in total. The van der Waals surface area contributed by atoms with Crippen LogP contribution in [0.25, 0.3) is 12.2 Å². The summed E-state index contributed by atoms with van der Waals surface area (Å²) in [6, 6.07) is 0. The molecule has 0 bridgehead atoms. The first-order chi connectivity index (χ1) is 40.9. The molecule has 2 amide bonds. The number of hydroxylamine groups is 1. The van der Waals surface area contributed by atoms with Crippen LogP contribution < -0.4 is 31.8 Å². The first-order valence-corrected chi connectivity index (χ1v) is 31.8. The average Bonchev–Trinajstić information content (AvgIpc) is 3.90. The summed E-state index contributed by atoms with van der Waals surface area (Å²) >= 11 is 0. The van der Waals surface area contributed by atoms with Crippen molar-refractivity contribution in [3.05, 3.63) is 67.3 Å². The van der Waals surface area contributed by atoms with Crippen molar-refractivity contribution in [2.45, 2.75) is 207 Å². The van der Waals surface area contributed by atoms with E-state index in [1.165, 1.54) is 13.8 Å². The van der Waals surface area contributed by atoms with Crippen molar-refractivity contribution in [2.24, 2.45) is 81.0 Å². The summed E-state index contributed by atoms with van der Waals surface area (Å²) in [5, 5.41) is 5.39. The van der Waals surface area contributed by atoms with E-state index in [0.717, 1.165) is 51.4 Å². The van der Waals surface area contributed by atoms with E-state index in [9.17, 15) is 28.8 Å². The zero-order valence-electron chi connectivity index (χ0n) is 55.4. The van der Waals surface area contributed by atoms with Crippen LogP contribution in [0.1, 0.15) is 212 Å². The van der Waals surface area contributed by atoms with Crippen molar-refractivity contribution in [1.82, 2.24) is 20.8 Å². The normalized spacial score (nSPS) is 31.4. The van der Waals surface area contributed by atoms with Gasteiger partial charge >= 0.3 is 40.9 Å². The predicted molar refractivity (Wildman–Crippen MR) is 338 cm³/mol. The Morgan fingerprint density at radius 3 is 1.17 bits per heavy atom. The number of nitrogens with one attached hydrogen (secondary N) is 3. The average molecular weight is 1270 g/mol. The van der Waals surface area contributed by atoms with Crippen LogP contribution in [0.2, 0.25) is 0 Å². The number of aliphatic imine (C=N–C) groups is 2. The second kappa shape index (κ2) is 30.0. The van der Waals surface area contributed by atoms with Gasteiger partial charge in [0, 0.05) is 6.92 Å². The number of allylic oxidation sites excluding steroid dienone is 2. The Labute approximate surface area is 532 Å². The first kappa shape index (κ1) is 70.8. The third kappa shape index (κ3) is 16.4. The molecule has 0 spiro atoms. The second-order valence-corrected chi connectivity index (χ2v) is 27.2. The molecule has 1 radical (unpaired) electrons. The number of rotatable bonds is 13. The molecule has 4 saturated carbocycles. The third-order valence-corrected chi connectivity index (χ3v) is 18.9. The minimum Gasteiger partial charge on any atom is -0.494 e. The Morgan fingerprint density at radius 1 is 0.489 bits per heavy atom. The molecule has 88 heavy (non-hydrogen) atoms. The number of hydrogen-bond acceptors (Lipinski definition) is 15. The van der Waals surface area contributed by atoms with E-state index in [1.54, 1.807) is 39.8 Å². The number of esters is 4. The number of aromatic nitrogens is 2. The number of nitrogens with two attached hydrogens (primary N) is 1. The van der Waals surface area contributed by atoms with E-state index in [1.807, 2.05) is 6.92 Å². The molecule has 20 heteroatoms. The Kier molecular flexibility index (Phi) is 24.2. The van der Waals surface area contributed by atoms with Gasteiger partial charge in [-0.15, -0.1) is 0 Å². The Morgan fingerprint density at radius 2 is 0.807 bits per heavy atom. The van der Waals surface area contributed by atoms with Crippen molar-refractivity contribution < 1.29 is 69.6 Å². The van der Waals surface area contributed by atoms with Gasteiger partial charge in [-0.25, -0.2) is 34.6 Å². The van der Waals surface area contributed by atoms with Crippen molar-refractivity contribution in [3.63, 3.8) is 0 Å². The molecule has 2 aromatic heterocycles. The quantitative estimate of drug-likeness (QED) is 0.0629. The van der Waals surface area contributed by atoms with E-state index < -0.39 is 23.9 Å². The summed E-state index contributed by atoms with van der Waals surface area (Å²) < 4.78 is 24.3. The number of nitrogens with zero attached hydrogens (tertiary/aromatic N) is 4. The molecular weight excluding hydrogens is 1170 g/mol. The maximum absolute atomic E-state index is 13.7. The smallest absolute Gasteiger partial charge is 0.494 e. The fraction of sp³-hybridized carbons (Fsp3) is 0.647. The molecule has 0 saturated heterocycles. The van der Waals surface area contributed by atoms with E-state index in [-0.39, 0.29) is 141 Å². The summed E-state index contributed by atoms with van der Waals surface area (Å²) in [5.41, 5.74) is 14.1. The van der Waals surface area contributed by atoms with Gasteiger partial charge in [0.2, 0.25) is 5.91 Å². The van der Waals surface area contributed by atoms with Gasteiger partial charge in [-0.2, -0.15) is 0 Å². The number of nitrogen functional groups attached to an aromatic ring is 1. The van der Waals surface area contributed by atoms with Crippen LogP contribution in [0.15, 0.2) is 43.7 Å². The second-order valence-electron chi connectivity index (χ2n) is 27.2. The number of ether oxygens (including phenoxy) is 4. The number of carbonyl (C=O) groups excluding carboxylic acids is 6. The molecule has 0 aromatic carbocycles. The van der Waals surface area contributed by atoms with Crippen molar-refractivity contribution in [2.75, 3.05) is 17.7 Å². The molecule has 6 aliphatic rings. The maximum atomic E-state index is 13.7. The minimum atomic E-state index is -0.512. The van der Waals surface area contributed by atoms with Gasteiger partial charge in [0.05, 0.1) is 29.1 Å². The molecule has 4 aliphatic carbocycles. The van der Waals surface area contributed by atoms with E-state index in [0.29, 0.717) is 80.9 Å². The largest absolute Gasteiger partial charge is 2.00 e. The fourth-order valence-corrected chi connectivity index (χ4v) is 15.3. The standard InChI is InChI=1S/C35H52N4O6.C33H48N4O5.Cu/c1-11-43-39-33-29(35(42)45-31-21(6)14-18(3)15-22(31)7)24(9)27(38-33)16-26-23(8)28(32(37-26)36-25(10)40)34(41)44-30-19(4)12-17(2)13-20(30)5;1-15-10-17(3)28(18(4)11-15)41-32(39)26-21(7)24(36-30(26)34)14-25-22(8)27(31(37-25)35-23(9)38)33(40)42-29-19(5)12-16(2)13-20(29)6;/h16-22,30-31H,11-15H2,1-10H3,(H3,36,37,38,39,40,41,42);14-20,28-29H,10-13H2,1-9H3,(H4,34,35,36,37,38,39,40);/q;;+2/p-2. The van der Waals surface area contributed by atoms with Gasteiger partial charge in [-0.1, -0.05) is 88.9 Å². The molecule has 5 N–H and O–H groups in total. The van der Waals surface area contributed by atoms with Crippen LogP contribution in [0.4, 0.5) is 11.6 Å². The van der Waals surface area contributed by atoms with Crippen LogP contribution in [0.3, 0.4) is 0 Å². The summed E-state index contributed by atoms with van der Waals surface area (Å²) in [7, 11) is 0. The number of amides is 2. The zero-order valence-corrected chi connectivity index (χ0v) is 56.4. The Balaban J connectivity index is 0.000000278. The van der Waals surface area contributed by atoms with Crippen LogP contribution in [-0.2, 0) is 60.0 Å². The molecule has 2 aliphatic heterocycles. The van der Waals surface area contributed by atoms with Gasteiger partial charge in [-0.05, 0) is 216 Å². The first-order valence-electron chi connectivity index (χ1n) is 31.8. The summed E-state index contributed by atoms with van der Waals surface area (Å²) in [6.45, 7) is 37.9. The molecule has 487 valence electrons. The SMILES string of the molecule is CC(=O)NC1=N/C(=C\c2[n-]c(N)c(C(=O)OC3C(C)CC(C)CC3C)c2C)C(C)=C1C(=O)OC1C(C)CC(C)CC1C.CCONC1=N/C(=C\c2[n-]c(NC(C)=O)c(C(=O)OC3C(C)CC(C)CC3C)c2C)C(C)=C1C(=O)OC1C(C)CC(C)CC1C.[Cu+2]. The van der Waals surface area contributed by atoms with Gasteiger partial charge in [-0.3, -0.25) is 14.4 Å². The molecule has 8 atom stereocenters. The minimum absolute atomic E-state index is 0. The van der Waals surface area contributed by atoms with Crippen LogP contribution in [0.5, 0.6) is 0 Å². The van der Waals surface area contributed by atoms with Crippen LogP contribution in [0, 0.1) is 84.9 Å². The predicted octanol–water partition coefficient (Wildman–Crippen LogP) is 11.9.